The van der Waals surface area contributed by atoms with Crippen molar-refractivity contribution in [1.29, 1.82) is 0 Å². The summed E-state index contributed by atoms with van der Waals surface area (Å²) in [6, 6.07) is 11.2. The number of thiazole rings is 1. The number of anilines is 1. The molecule has 2 atom stereocenters. The minimum atomic E-state index is -0.407. The Morgan fingerprint density at radius 1 is 1.00 bits per heavy atom. The second-order valence-corrected chi connectivity index (χ2v) is 10.2. The maximum Gasteiger partial charge on any atom is 0.319 e. The molecule has 1 heterocycles. The van der Waals surface area contributed by atoms with Gasteiger partial charge in [0.25, 0.3) is 5.91 Å². The van der Waals surface area contributed by atoms with E-state index < -0.39 is 6.03 Å². The largest absolute Gasteiger partial charge is 0.486 e. The zero-order valence-corrected chi connectivity index (χ0v) is 21.6. The molecule has 35 heavy (non-hydrogen) atoms. The molecular formula is C24H23Cl3N4O3S. The first-order chi connectivity index (χ1) is 16.9. The van der Waals surface area contributed by atoms with Gasteiger partial charge in [0.15, 0.2) is 0 Å². The fourth-order valence-corrected chi connectivity index (χ4v) is 4.96. The van der Waals surface area contributed by atoms with Crippen molar-refractivity contribution >= 4 is 63.8 Å². The summed E-state index contributed by atoms with van der Waals surface area (Å²) in [5.41, 5.74) is 0.744. The lowest BCUT2D eigenvalue weighted by Gasteiger charge is -2.32. The van der Waals surface area contributed by atoms with E-state index in [1.54, 1.807) is 47.8 Å². The Morgan fingerprint density at radius 2 is 1.71 bits per heavy atom. The van der Waals surface area contributed by atoms with Crippen molar-refractivity contribution in [2.75, 3.05) is 5.32 Å². The monoisotopic (exact) mass is 552 g/mol. The highest BCUT2D eigenvalue weighted by Crippen LogP contribution is 2.29. The third-order valence-corrected chi connectivity index (χ3v) is 7.45. The molecule has 11 heteroatoms. The number of nitrogens with one attached hydrogen (secondary N) is 3. The Hall–Kier alpha value is -2.52. The average molecular weight is 554 g/mol. The summed E-state index contributed by atoms with van der Waals surface area (Å²) < 4.78 is 5.70. The number of benzene rings is 2. The van der Waals surface area contributed by atoms with Crippen molar-refractivity contribution in [2.24, 2.45) is 0 Å². The zero-order valence-electron chi connectivity index (χ0n) is 18.5. The highest BCUT2D eigenvalue weighted by Gasteiger charge is 2.29. The van der Waals surface area contributed by atoms with E-state index in [0.717, 1.165) is 25.7 Å². The van der Waals surface area contributed by atoms with Crippen molar-refractivity contribution in [2.45, 2.75) is 44.4 Å². The number of carbonyl (C=O) groups excluding carboxylic acids is 2. The lowest BCUT2D eigenvalue weighted by molar-refractivity contribution is 0.0911. The molecule has 0 unspecified atom stereocenters. The number of urea groups is 1. The number of carbonyl (C=O) groups is 2. The molecular weight excluding hydrogens is 531 g/mol. The van der Waals surface area contributed by atoms with Crippen molar-refractivity contribution in [3.8, 4) is 5.75 Å². The van der Waals surface area contributed by atoms with E-state index in [0.29, 0.717) is 32.2 Å². The summed E-state index contributed by atoms with van der Waals surface area (Å²) in [4.78, 5) is 29.8. The van der Waals surface area contributed by atoms with Crippen LogP contribution in [0.25, 0.3) is 0 Å². The van der Waals surface area contributed by atoms with Crippen LogP contribution in [-0.4, -0.2) is 29.0 Å². The first-order valence-electron chi connectivity index (χ1n) is 11.0. The predicted molar refractivity (Wildman–Crippen MR) is 140 cm³/mol. The Morgan fingerprint density at radius 3 is 2.46 bits per heavy atom. The maximum atomic E-state index is 12.9. The van der Waals surface area contributed by atoms with Crippen LogP contribution in [0, 0.1) is 0 Å². The molecule has 3 aromatic rings. The molecule has 0 spiro atoms. The standard InChI is InChI=1S/C24H23Cl3N4O3S/c25-14-8-10-15(11-9-14)34-12-21-28-20(13-35-21)23(32)29-17-5-1-2-6-18(17)30-24(33)31-19-7-3-4-16(26)22(19)27/h3-4,7-11,13,17-18H,1-2,5-6,12H2,(H,29,32)(H2,30,31,33)/t17-,18-/m0/s1. The number of aromatic nitrogens is 1. The predicted octanol–water partition coefficient (Wildman–Crippen LogP) is 6.55. The van der Waals surface area contributed by atoms with Crippen LogP contribution in [0.2, 0.25) is 15.1 Å². The van der Waals surface area contributed by atoms with Gasteiger partial charge in [-0.25, -0.2) is 9.78 Å². The lowest BCUT2D eigenvalue weighted by Crippen LogP contribution is -2.54. The molecule has 2 aromatic carbocycles. The van der Waals surface area contributed by atoms with Crippen LogP contribution in [-0.2, 0) is 6.61 Å². The molecule has 1 aromatic heterocycles. The van der Waals surface area contributed by atoms with Crippen LogP contribution in [0.4, 0.5) is 10.5 Å². The van der Waals surface area contributed by atoms with Crippen molar-refractivity contribution < 1.29 is 14.3 Å². The van der Waals surface area contributed by atoms with E-state index in [9.17, 15) is 9.59 Å². The SMILES string of the molecule is O=C(Nc1cccc(Cl)c1Cl)N[C@H]1CCCC[C@@H]1NC(=O)c1csc(COc2ccc(Cl)cc2)n1. The molecule has 184 valence electrons. The van der Waals surface area contributed by atoms with E-state index in [2.05, 4.69) is 20.9 Å². The van der Waals surface area contributed by atoms with Crippen LogP contribution in [0.15, 0.2) is 47.8 Å². The van der Waals surface area contributed by atoms with E-state index >= 15 is 0 Å². The molecule has 1 fully saturated rings. The van der Waals surface area contributed by atoms with Crippen LogP contribution in [0.5, 0.6) is 5.75 Å². The summed E-state index contributed by atoms with van der Waals surface area (Å²) in [5, 5.41) is 12.4. The molecule has 4 rings (SSSR count). The molecule has 7 nitrogen and oxygen atoms in total. The fraction of sp³-hybridized carbons (Fsp3) is 0.292. The Kier molecular flexibility index (Phi) is 8.73. The second-order valence-electron chi connectivity index (χ2n) is 8.04. The van der Waals surface area contributed by atoms with E-state index in [4.69, 9.17) is 39.5 Å². The Balaban J connectivity index is 1.32. The normalized spacial score (nSPS) is 17.5. The summed E-state index contributed by atoms with van der Waals surface area (Å²) in [5.74, 6) is 0.389. The average Bonchev–Trinajstić information content (AvgIpc) is 3.32. The van der Waals surface area contributed by atoms with Crippen molar-refractivity contribution in [1.82, 2.24) is 15.6 Å². The highest BCUT2D eigenvalue weighted by molar-refractivity contribution is 7.09. The van der Waals surface area contributed by atoms with Gasteiger partial charge in [-0.15, -0.1) is 11.3 Å². The second kappa shape index (κ2) is 11.9. The molecule has 0 radical (unpaired) electrons. The summed E-state index contributed by atoms with van der Waals surface area (Å²) >= 11 is 19.4. The molecule has 0 aliphatic heterocycles. The molecule has 0 saturated heterocycles. The molecule has 1 aliphatic carbocycles. The number of ether oxygens (including phenoxy) is 1. The van der Waals surface area contributed by atoms with E-state index in [1.807, 2.05) is 0 Å². The molecule has 3 N–H and O–H groups in total. The van der Waals surface area contributed by atoms with Gasteiger partial charge in [-0.1, -0.05) is 53.7 Å². The number of hydrogen-bond acceptors (Lipinski definition) is 5. The summed E-state index contributed by atoms with van der Waals surface area (Å²) in [7, 11) is 0. The van der Waals surface area contributed by atoms with Crippen LogP contribution < -0.4 is 20.7 Å². The molecule has 0 bridgehead atoms. The van der Waals surface area contributed by atoms with Gasteiger partial charge in [0.05, 0.1) is 21.8 Å². The fourth-order valence-electron chi connectivity index (χ4n) is 3.80. The number of halogens is 3. The van der Waals surface area contributed by atoms with Gasteiger partial charge in [-0.05, 0) is 49.2 Å². The van der Waals surface area contributed by atoms with Crippen molar-refractivity contribution in [3.05, 3.63) is 73.6 Å². The van der Waals surface area contributed by atoms with Crippen LogP contribution in [0.1, 0.15) is 41.2 Å². The lowest BCUT2D eigenvalue weighted by atomic mass is 9.90. The quantitative estimate of drug-likeness (QED) is 0.309. The first kappa shape index (κ1) is 25.6. The van der Waals surface area contributed by atoms with Crippen LogP contribution in [0.3, 0.4) is 0 Å². The summed E-state index contributed by atoms with van der Waals surface area (Å²) in [6.45, 7) is 0.249. The van der Waals surface area contributed by atoms with Crippen molar-refractivity contribution in [3.63, 3.8) is 0 Å². The van der Waals surface area contributed by atoms with E-state index in [-0.39, 0.29) is 29.6 Å². The van der Waals surface area contributed by atoms with Gasteiger partial charge in [-0.2, -0.15) is 0 Å². The van der Waals surface area contributed by atoms with Gasteiger partial charge in [0.2, 0.25) is 0 Å². The minimum absolute atomic E-state index is 0.215. The Bertz CT molecular complexity index is 1190. The highest BCUT2D eigenvalue weighted by atomic mass is 35.5. The third-order valence-electron chi connectivity index (χ3n) is 5.56. The van der Waals surface area contributed by atoms with Gasteiger partial charge in [0, 0.05) is 16.4 Å². The van der Waals surface area contributed by atoms with Gasteiger partial charge in [0.1, 0.15) is 23.1 Å². The zero-order chi connectivity index (χ0) is 24.8. The first-order valence-corrected chi connectivity index (χ1v) is 13.1. The Labute approximate surface area is 222 Å². The topological polar surface area (TPSA) is 92.4 Å². The summed E-state index contributed by atoms with van der Waals surface area (Å²) in [6.07, 6.45) is 3.42. The maximum absolute atomic E-state index is 12.9. The number of amides is 3. The number of nitrogens with zero attached hydrogens (tertiary/aromatic N) is 1. The third kappa shape index (κ3) is 7.01. The van der Waals surface area contributed by atoms with Gasteiger partial charge in [-0.3, -0.25) is 4.79 Å². The van der Waals surface area contributed by atoms with Gasteiger partial charge >= 0.3 is 6.03 Å². The molecule has 3 amide bonds. The molecule has 1 saturated carbocycles. The van der Waals surface area contributed by atoms with E-state index in [1.165, 1.54) is 11.3 Å². The number of hydrogen-bond donors (Lipinski definition) is 3. The number of rotatable bonds is 7. The minimum Gasteiger partial charge on any atom is -0.486 e. The van der Waals surface area contributed by atoms with Crippen LogP contribution >= 0.6 is 46.1 Å². The smallest absolute Gasteiger partial charge is 0.319 e. The van der Waals surface area contributed by atoms with Gasteiger partial charge < -0.3 is 20.7 Å². The molecule has 1 aliphatic rings.